The number of rotatable bonds is 6. The van der Waals surface area contributed by atoms with Gasteiger partial charge in [0.15, 0.2) is 5.82 Å². The quantitative estimate of drug-likeness (QED) is 0.610. The zero-order valence-corrected chi connectivity index (χ0v) is 16.3. The predicted octanol–water partition coefficient (Wildman–Crippen LogP) is 2.92. The van der Waals surface area contributed by atoms with Crippen LogP contribution in [0.1, 0.15) is 42.8 Å². The lowest BCUT2D eigenvalue weighted by Crippen LogP contribution is -2.35. The molecule has 8 nitrogen and oxygen atoms in total. The van der Waals surface area contributed by atoms with Crippen molar-refractivity contribution in [2.75, 3.05) is 11.9 Å². The molecule has 1 atom stereocenters. The van der Waals surface area contributed by atoms with E-state index in [0.717, 1.165) is 22.6 Å². The van der Waals surface area contributed by atoms with Crippen molar-refractivity contribution in [2.24, 2.45) is 5.73 Å². The van der Waals surface area contributed by atoms with Gasteiger partial charge in [-0.3, -0.25) is 0 Å². The highest BCUT2D eigenvalue weighted by atomic mass is 16.2. The molecule has 1 aromatic heterocycles. The highest BCUT2D eigenvalue weighted by Crippen LogP contribution is 2.21. The monoisotopic (exact) mass is 379 g/mol. The Bertz CT molecular complexity index is 937. The third-order valence-electron chi connectivity index (χ3n) is 4.40. The number of nitrogens with zero attached hydrogens (tertiary/aromatic N) is 4. The minimum absolute atomic E-state index is 0.201. The van der Waals surface area contributed by atoms with Crippen LogP contribution in [-0.2, 0) is 0 Å². The zero-order chi connectivity index (χ0) is 20.1. The number of urea groups is 1. The van der Waals surface area contributed by atoms with Gasteiger partial charge < -0.3 is 16.4 Å². The third-order valence-corrected chi connectivity index (χ3v) is 4.40. The normalized spacial score (nSPS) is 12.0. The average Bonchev–Trinajstić information content (AvgIpc) is 3.17. The molecule has 1 unspecified atom stereocenters. The maximum Gasteiger partial charge on any atom is 0.319 e. The van der Waals surface area contributed by atoms with E-state index < -0.39 is 0 Å². The number of nitrogens with one attached hydrogen (secondary N) is 2. The van der Waals surface area contributed by atoms with Crippen molar-refractivity contribution in [3.8, 4) is 5.69 Å². The summed E-state index contributed by atoms with van der Waals surface area (Å²) in [6.07, 6.45) is 0. The summed E-state index contributed by atoms with van der Waals surface area (Å²) >= 11 is 0. The third kappa shape index (κ3) is 4.52. The van der Waals surface area contributed by atoms with E-state index in [4.69, 9.17) is 5.73 Å². The fraction of sp³-hybridized carbons (Fsp3) is 0.300. The van der Waals surface area contributed by atoms with Crippen molar-refractivity contribution >= 4 is 11.7 Å². The topological polar surface area (TPSA) is 111 Å². The molecule has 0 bridgehead atoms. The van der Waals surface area contributed by atoms with Gasteiger partial charge in [-0.25, -0.2) is 4.79 Å². The lowest BCUT2D eigenvalue weighted by Gasteiger charge is -2.15. The van der Waals surface area contributed by atoms with Crippen molar-refractivity contribution in [3.63, 3.8) is 0 Å². The molecule has 3 aromatic rings. The van der Waals surface area contributed by atoms with Gasteiger partial charge in [0.25, 0.3) is 0 Å². The maximum atomic E-state index is 12.2. The molecule has 3 rings (SSSR count). The van der Waals surface area contributed by atoms with Crippen molar-refractivity contribution in [1.29, 1.82) is 0 Å². The number of anilines is 1. The van der Waals surface area contributed by atoms with Crippen LogP contribution in [-0.4, -0.2) is 32.8 Å². The van der Waals surface area contributed by atoms with Crippen LogP contribution in [0.5, 0.6) is 0 Å². The van der Waals surface area contributed by atoms with Crippen LogP contribution in [0.4, 0.5) is 10.5 Å². The first-order valence-electron chi connectivity index (χ1n) is 9.20. The summed E-state index contributed by atoms with van der Waals surface area (Å²) in [4.78, 5) is 12.2. The second kappa shape index (κ2) is 8.62. The molecule has 0 saturated carbocycles. The maximum absolute atomic E-state index is 12.2. The molecule has 0 aliphatic carbocycles. The second-order valence-electron chi connectivity index (χ2n) is 6.96. The van der Waals surface area contributed by atoms with Crippen LogP contribution in [0, 0.1) is 6.92 Å². The Morgan fingerprint density at radius 1 is 1.18 bits per heavy atom. The molecule has 8 heteroatoms. The van der Waals surface area contributed by atoms with Crippen LogP contribution in [0.15, 0.2) is 48.5 Å². The van der Waals surface area contributed by atoms with Crippen LogP contribution >= 0.6 is 0 Å². The van der Waals surface area contributed by atoms with Gasteiger partial charge in [0.2, 0.25) is 0 Å². The fourth-order valence-electron chi connectivity index (χ4n) is 2.89. The molecule has 2 amide bonds. The van der Waals surface area contributed by atoms with E-state index in [0.29, 0.717) is 12.2 Å². The molecule has 0 radical (unpaired) electrons. The Balaban J connectivity index is 1.62. The van der Waals surface area contributed by atoms with Crippen LogP contribution in [0.25, 0.3) is 5.69 Å². The molecule has 4 N–H and O–H groups in total. The molecule has 2 aromatic carbocycles. The van der Waals surface area contributed by atoms with Gasteiger partial charge in [0.1, 0.15) is 0 Å². The average molecular weight is 379 g/mol. The first-order chi connectivity index (χ1) is 13.5. The molecule has 0 aliphatic rings. The molecule has 1 heterocycles. The van der Waals surface area contributed by atoms with Gasteiger partial charge in [0, 0.05) is 24.2 Å². The Morgan fingerprint density at radius 2 is 1.93 bits per heavy atom. The first kappa shape index (κ1) is 19.5. The van der Waals surface area contributed by atoms with E-state index in [2.05, 4.69) is 26.2 Å². The summed E-state index contributed by atoms with van der Waals surface area (Å²) < 4.78 is 1.72. The SMILES string of the molecule is Cc1cc(NC(=O)NCC(N)c2ccccc2)ccc1-n1nnnc1C(C)C. The smallest absolute Gasteiger partial charge is 0.319 e. The van der Waals surface area contributed by atoms with Crippen molar-refractivity contribution in [3.05, 3.63) is 65.5 Å². The molecule has 0 fully saturated rings. The van der Waals surface area contributed by atoms with E-state index in [-0.39, 0.29) is 18.0 Å². The van der Waals surface area contributed by atoms with Gasteiger partial charge in [0.05, 0.1) is 5.69 Å². The van der Waals surface area contributed by atoms with Crippen LogP contribution < -0.4 is 16.4 Å². The largest absolute Gasteiger partial charge is 0.336 e. The molecule has 0 spiro atoms. The standard InChI is InChI=1S/C20H25N7O/c1-13(2)19-24-25-26-27(19)18-10-9-16(11-14(18)3)23-20(28)22-12-17(21)15-7-5-4-6-8-15/h4-11,13,17H,12,21H2,1-3H3,(H2,22,23,28). The number of tetrazole rings is 1. The van der Waals surface area contributed by atoms with Crippen LogP contribution in [0.3, 0.4) is 0 Å². The summed E-state index contributed by atoms with van der Waals surface area (Å²) in [6.45, 7) is 6.38. The molecule has 28 heavy (non-hydrogen) atoms. The Hall–Kier alpha value is -3.26. The van der Waals surface area contributed by atoms with Crippen molar-refractivity contribution in [1.82, 2.24) is 25.5 Å². The number of aryl methyl sites for hydroxylation is 1. The van der Waals surface area contributed by atoms with E-state index in [1.54, 1.807) is 4.68 Å². The summed E-state index contributed by atoms with van der Waals surface area (Å²) in [5, 5.41) is 17.6. The van der Waals surface area contributed by atoms with E-state index >= 15 is 0 Å². The zero-order valence-electron chi connectivity index (χ0n) is 16.3. The Kier molecular flexibility index (Phi) is 6.00. The lowest BCUT2D eigenvalue weighted by atomic mass is 10.1. The predicted molar refractivity (Wildman–Crippen MR) is 108 cm³/mol. The molecular weight excluding hydrogens is 354 g/mol. The minimum Gasteiger partial charge on any atom is -0.336 e. The number of hydrogen-bond donors (Lipinski definition) is 3. The van der Waals surface area contributed by atoms with E-state index in [1.807, 2.05) is 69.3 Å². The number of hydrogen-bond acceptors (Lipinski definition) is 5. The van der Waals surface area contributed by atoms with E-state index in [1.165, 1.54) is 0 Å². The highest BCUT2D eigenvalue weighted by molar-refractivity contribution is 5.89. The molecule has 0 aliphatic heterocycles. The highest BCUT2D eigenvalue weighted by Gasteiger charge is 2.14. The number of carbonyl (C=O) groups is 1. The van der Waals surface area contributed by atoms with Gasteiger partial charge in [-0.15, -0.1) is 5.10 Å². The summed E-state index contributed by atoms with van der Waals surface area (Å²) in [7, 11) is 0. The van der Waals surface area contributed by atoms with Crippen molar-refractivity contribution in [2.45, 2.75) is 32.7 Å². The molecular formula is C20H25N7O. The van der Waals surface area contributed by atoms with Gasteiger partial charge in [-0.05, 0) is 46.7 Å². The summed E-state index contributed by atoms with van der Waals surface area (Å²) in [5.74, 6) is 0.989. The number of nitrogens with two attached hydrogens (primary N) is 1. The number of aromatic nitrogens is 4. The summed E-state index contributed by atoms with van der Waals surface area (Å²) in [5.41, 5.74) is 9.61. The second-order valence-corrected chi connectivity index (χ2v) is 6.96. The Morgan fingerprint density at radius 3 is 2.61 bits per heavy atom. The minimum atomic E-state index is -0.302. The van der Waals surface area contributed by atoms with E-state index in [9.17, 15) is 4.79 Å². The lowest BCUT2D eigenvalue weighted by molar-refractivity contribution is 0.251. The summed E-state index contributed by atoms with van der Waals surface area (Å²) in [6, 6.07) is 14.7. The first-order valence-corrected chi connectivity index (χ1v) is 9.20. The van der Waals surface area contributed by atoms with Gasteiger partial charge >= 0.3 is 6.03 Å². The van der Waals surface area contributed by atoms with Gasteiger partial charge in [-0.2, -0.15) is 4.68 Å². The number of benzene rings is 2. The fourth-order valence-corrected chi connectivity index (χ4v) is 2.89. The Labute approximate surface area is 164 Å². The van der Waals surface area contributed by atoms with Crippen LogP contribution in [0.2, 0.25) is 0 Å². The molecule has 0 saturated heterocycles. The number of amides is 2. The van der Waals surface area contributed by atoms with Gasteiger partial charge in [-0.1, -0.05) is 44.2 Å². The van der Waals surface area contributed by atoms with Crippen molar-refractivity contribution < 1.29 is 4.79 Å². The number of carbonyl (C=O) groups excluding carboxylic acids is 1. The molecule has 146 valence electrons.